The zero-order valence-electron chi connectivity index (χ0n) is 12.7. The number of methoxy groups -OCH3 is 1. The molecule has 1 rings (SSSR count). The van der Waals surface area contributed by atoms with Crippen LogP contribution < -0.4 is 10.1 Å². The number of nitrogens with zero attached hydrogens (tertiary/aromatic N) is 1. The second-order valence-corrected chi connectivity index (χ2v) is 5.50. The van der Waals surface area contributed by atoms with Gasteiger partial charge in [-0.15, -0.1) is 0 Å². The van der Waals surface area contributed by atoms with Crippen LogP contribution in [0.5, 0.6) is 5.75 Å². The molecule has 0 bridgehead atoms. The van der Waals surface area contributed by atoms with Crippen molar-refractivity contribution in [3.63, 3.8) is 0 Å². The zero-order valence-corrected chi connectivity index (χ0v) is 13.5. The summed E-state index contributed by atoms with van der Waals surface area (Å²) in [5.41, 5.74) is 0.650. The van der Waals surface area contributed by atoms with Crippen LogP contribution in [-0.4, -0.2) is 49.3 Å². The van der Waals surface area contributed by atoms with Gasteiger partial charge in [-0.1, -0.05) is 11.6 Å². The second-order valence-electron chi connectivity index (χ2n) is 5.09. The van der Waals surface area contributed by atoms with Crippen molar-refractivity contribution in [3.05, 3.63) is 23.2 Å². The molecule has 2 N–H and O–H groups in total. The Bertz CT molecular complexity index is 466. The Balaban J connectivity index is 2.38. The lowest BCUT2D eigenvalue weighted by atomic mass is 10.2. The molecule has 118 valence electrons. The highest BCUT2D eigenvalue weighted by atomic mass is 35.5. The fourth-order valence-electron chi connectivity index (χ4n) is 1.78. The van der Waals surface area contributed by atoms with Gasteiger partial charge in [-0.2, -0.15) is 0 Å². The van der Waals surface area contributed by atoms with Crippen LogP contribution in [0, 0.1) is 0 Å². The zero-order chi connectivity index (χ0) is 15.8. The summed E-state index contributed by atoms with van der Waals surface area (Å²) in [6.45, 7) is 3.16. The quantitative estimate of drug-likeness (QED) is 0.773. The Kier molecular flexibility index (Phi) is 7.50. The molecule has 1 atom stereocenters. The van der Waals surface area contributed by atoms with Gasteiger partial charge in [0.1, 0.15) is 5.75 Å². The van der Waals surface area contributed by atoms with Crippen LogP contribution in [0.3, 0.4) is 0 Å². The monoisotopic (exact) mass is 314 g/mol. The van der Waals surface area contributed by atoms with E-state index in [9.17, 15) is 9.90 Å². The van der Waals surface area contributed by atoms with E-state index in [0.717, 1.165) is 6.54 Å². The van der Waals surface area contributed by atoms with Crippen LogP contribution >= 0.6 is 11.6 Å². The third-order valence-electron chi connectivity index (χ3n) is 3.08. The van der Waals surface area contributed by atoms with Crippen molar-refractivity contribution in [2.45, 2.75) is 25.9 Å². The first kappa shape index (κ1) is 17.8. The molecular weight excluding hydrogens is 292 g/mol. The number of aliphatic hydroxyl groups is 1. The smallest absolute Gasteiger partial charge is 0.225 e. The summed E-state index contributed by atoms with van der Waals surface area (Å²) in [6.07, 6.45) is 0.773. The highest BCUT2D eigenvalue weighted by Crippen LogP contribution is 2.27. The molecule has 6 heteroatoms. The molecule has 0 heterocycles. The van der Waals surface area contributed by atoms with Crippen molar-refractivity contribution in [2.24, 2.45) is 0 Å². The molecule has 0 saturated heterocycles. The Hall–Kier alpha value is -1.30. The number of carbonyl (C=O) groups excluding carboxylic acids is 1. The second kappa shape index (κ2) is 8.87. The first-order valence-corrected chi connectivity index (χ1v) is 7.30. The largest absolute Gasteiger partial charge is 0.495 e. The van der Waals surface area contributed by atoms with Gasteiger partial charge in [0.15, 0.2) is 0 Å². The highest BCUT2D eigenvalue weighted by Gasteiger charge is 2.08. The van der Waals surface area contributed by atoms with Crippen LogP contribution in [0.2, 0.25) is 5.02 Å². The maximum absolute atomic E-state index is 11.9. The van der Waals surface area contributed by atoms with Gasteiger partial charge in [-0.25, -0.2) is 0 Å². The summed E-state index contributed by atoms with van der Waals surface area (Å²) in [6, 6.07) is 5.13. The number of hydrogen-bond acceptors (Lipinski definition) is 4. The van der Waals surface area contributed by atoms with Crippen molar-refractivity contribution in [3.8, 4) is 5.75 Å². The normalized spacial score (nSPS) is 12.3. The number of hydrogen-bond donors (Lipinski definition) is 2. The number of aliphatic hydroxyl groups excluding tert-OH is 1. The summed E-state index contributed by atoms with van der Waals surface area (Å²) in [7, 11) is 3.47. The van der Waals surface area contributed by atoms with Crippen LogP contribution in [-0.2, 0) is 4.79 Å². The van der Waals surface area contributed by atoms with E-state index in [0.29, 0.717) is 35.8 Å². The van der Waals surface area contributed by atoms with E-state index in [1.165, 1.54) is 0 Å². The summed E-state index contributed by atoms with van der Waals surface area (Å²) >= 11 is 6.00. The number of amides is 1. The first-order chi connectivity index (χ1) is 9.92. The number of rotatable bonds is 8. The van der Waals surface area contributed by atoms with E-state index in [4.69, 9.17) is 16.3 Å². The molecule has 1 unspecified atom stereocenters. The molecule has 0 aliphatic heterocycles. The molecule has 1 aromatic carbocycles. The summed E-state index contributed by atoms with van der Waals surface area (Å²) in [5, 5.41) is 12.5. The fraction of sp³-hybridized carbons (Fsp3) is 0.533. The fourth-order valence-corrected chi connectivity index (χ4v) is 2.04. The van der Waals surface area contributed by atoms with Gasteiger partial charge in [0.05, 0.1) is 18.2 Å². The Labute approximate surface area is 130 Å². The Morgan fingerprint density at radius 3 is 2.76 bits per heavy atom. The number of ether oxygens (including phenoxy) is 1. The summed E-state index contributed by atoms with van der Waals surface area (Å²) in [5.74, 6) is 0.507. The minimum atomic E-state index is -0.317. The number of nitrogens with one attached hydrogen (secondary N) is 1. The van der Waals surface area contributed by atoms with Gasteiger partial charge >= 0.3 is 0 Å². The molecule has 0 radical (unpaired) electrons. The molecule has 0 spiro atoms. The molecule has 1 aromatic rings. The van der Waals surface area contributed by atoms with E-state index in [2.05, 4.69) is 5.32 Å². The van der Waals surface area contributed by atoms with Gasteiger partial charge in [-0.05, 0) is 38.6 Å². The Morgan fingerprint density at radius 2 is 2.19 bits per heavy atom. The maximum Gasteiger partial charge on any atom is 0.225 e. The molecule has 0 aromatic heterocycles. The molecule has 0 aliphatic rings. The van der Waals surface area contributed by atoms with Crippen molar-refractivity contribution >= 4 is 23.2 Å². The van der Waals surface area contributed by atoms with Gasteiger partial charge in [0, 0.05) is 25.2 Å². The number of carbonyl (C=O) groups is 1. The molecule has 5 nitrogen and oxygen atoms in total. The third kappa shape index (κ3) is 6.80. The van der Waals surface area contributed by atoms with E-state index in [1.807, 2.05) is 11.9 Å². The van der Waals surface area contributed by atoms with Crippen LogP contribution in [0.4, 0.5) is 5.69 Å². The lowest BCUT2D eigenvalue weighted by molar-refractivity contribution is -0.116. The minimum Gasteiger partial charge on any atom is -0.495 e. The molecule has 0 fully saturated rings. The average Bonchev–Trinajstić information content (AvgIpc) is 2.43. The SMILES string of the molecule is COc1ccc(NC(=O)CCN(C)CCC(C)O)cc1Cl. The average molecular weight is 315 g/mol. The van der Waals surface area contributed by atoms with Crippen molar-refractivity contribution in [2.75, 3.05) is 32.6 Å². The first-order valence-electron chi connectivity index (χ1n) is 6.92. The van der Waals surface area contributed by atoms with Crippen molar-refractivity contribution in [1.82, 2.24) is 4.90 Å². The number of halogens is 1. The van der Waals surface area contributed by atoms with E-state index < -0.39 is 0 Å². The minimum absolute atomic E-state index is 0.0693. The molecule has 0 aliphatic carbocycles. The van der Waals surface area contributed by atoms with Crippen molar-refractivity contribution < 1.29 is 14.6 Å². The standard InChI is InChI=1S/C15H23ClN2O3/c1-11(19)6-8-18(2)9-7-15(20)17-12-4-5-14(21-3)13(16)10-12/h4-5,10-11,19H,6-9H2,1-3H3,(H,17,20). The molecular formula is C15H23ClN2O3. The van der Waals surface area contributed by atoms with Crippen LogP contribution in [0.15, 0.2) is 18.2 Å². The molecule has 0 saturated carbocycles. The summed E-state index contributed by atoms with van der Waals surface area (Å²) < 4.78 is 5.06. The molecule has 21 heavy (non-hydrogen) atoms. The number of anilines is 1. The van der Waals surface area contributed by atoms with E-state index in [-0.39, 0.29) is 12.0 Å². The predicted octanol–water partition coefficient (Wildman–Crippen LogP) is 2.38. The van der Waals surface area contributed by atoms with E-state index in [1.54, 1.807) is 32.2 Å². The van der Waals surface area contributed by atoms with Crippen LogP contribution in [0.25, 0.3) is 0 Å². The van der Waals surface area contributed by atoms with Gasteiger partial charge < -0.3 is 20.1 Å². The molecule has 1 amide bonds. The topological polar surface area (TPSA) is 61.8 Å². The van der Waals surface area contributed by atoms with Gasteiger partial charge in [-0.3, -0.25) is 4.79 Å². The summed E-state index contributed by atoms with van der Waals surface area (Å²) in [4.78, 5) is 13.9. The van der Waals surface area contributed by atoms with Gasteiger partial charge in [0.25, 0.3) is 0 Å². The predicted molar refractivity (Wildman–Crippen MR) is 85.0 cm³/mol. The highest BCUT2D eigenvalue weighted by molar-refractivity contribution is 6.32. The third-order valence-corrected chi connectivity index (χ3v) is 3.38. The van der Waals surface area contributed by atoms with Crippen LogP contribution in [0.1, 0.15) is 19.8 Å². The Morgan fingerprint density at radius 1 is 1.48 bits per heavy atom. The van der Waals surface area contributed by atoms with E-state index >= 15 is 0 Å². The van der Waals surface area contributed by atoms with Gasteiger partial charge in [0.2, 0.25) is 5.91 Å². The van der Waals surface area contributed by atoms with Crippen molar-refractivity contribution in [1.29, 1.82) is 0 Å². The lowest BCUT2D eigenvalue weighted by Crippen LogP contribution is -2.26. The lowest BCUT2D eigenvalue weighted by Gasteiger charge is -2.17. The maximum atomic E-state index is 11.9. The number of benzene rings is 1.